The van der Waals surface area contributed by atoms with Gasteiger partial charge in [-0.25, -0.2) is 4.98 Å². The molecule has 7 heteroatoms. The average Bonchev–Trinajstić information content (AvgIpc) is 2.75. The van der Waals surface area contributed by atoms with Crippen molar-refractivity contribution in [3.05, 3.63) is 45.9 Å². The van der Waals surface area contributed by atoms with Gasteiger partial charge in [-0.05, 0) is 13.0 Å². The molecule has 2 aromatic rings. The summed E-state index contributed by atoms with van der Waals surface area (Å²) in [6.07, 6.45) is -4.68. The number of aryl methyl sites for hydroxylation is 1. The molecule has 1 aromatic heterocycles. The van der Waals surface area contributed by atoms with Crippen LogP contribution in [0.2, 0.25) is 0 Å². The number of halogens is 3. The third-order valence-corrected chi connectivity index (χ3v) is 3.42. The second-order valence-corrected chi connectivity index (χ2v) is 5.08. The minimum absolute atomic E-state index is 0.178. The van der Waals surface area contributed by atoms with E-state index in [1.54, 1.807) is 12.1 Å². The van der Waals surface area contributed by atoms with E-state index in [9.17, 15) is 13.2 Å². The van der Waals surface area contributed by atoms with Crippen LogP contribution in [0.5, 0.6) is 5.75 Å². The van der Waals surface area contributed by atoms with Gasteiger partial charge in [0.25, 0.3) is 0 Å². The van der Waals surface area contributed by atoms with Gasteiger partial charge >= 0.3 is 6.36 Å². The zero-order chi connectivity index (χ0) is 14.6. The van der Waals surface area contributed by atoms with Crippen molar-refractivity contribution in [2.45, 2.75) is 26.4 Å². The molecule has 0 saturated heterocycles. The first-order chi connectivity index (χ1) is 9.44. The molecule has 108 valence electrons. The van der Waals surface area contributed by atoms with Crippen molar-refractivity contribution in [2.24, 2.45) is 0 Å². The molecule has 1 N–H and O–H groups in total. The van der Waals surface area contributed by atoms with Crippen LogP contribution in [0.25, 0.3) is 0 Å². The van der Waals surface area contributed by atoms with Crippen LogP contribution in [0.3, 0.4) is 0 Å². The normalized spacial score (nSPS) is 11.6. The van der Waals surface area contributed by atoms with Gasteiger partial charge in [0.05, 0.1) is 0 Å². The Bertz CT molecular complexity index is 569. The Balaban J connectivity index is 1.95. The summed E-state index contributed by atoms with van der Waals surface area (Å²) in [7, 11) is 0. The molecule has 0 amide bonds. The summed E-state index contributed by atoms with van der Waals surface area (Å²) in [6, 6.07) is 6.09. The molecule has 1 heterocycles. The van der Waals surface area contributed by atoms with Crippen LogP contribution in [0.15, 0.2) is 29.6 Å². The van der Waals surface area contributed by atoms with Crippen LogP contribution in [0.1, 0.15) is 16.3 Å². The molecule has 0 aliphatic rings. The highest BCUT2D eigenvalue weighted by molar-refractivity contribution is 7.09. The minimum Gasteiger partial charge on any atom is -0.405 e. The number of nitrogens with zero attached hydrogens (tertiary/aromatic N) is 1. The molecule has 3 nitrogen and oxygen atoms in total. The lowest BCUT2D eigenvalue weighted by atomic mass is 10.2. The molecule has 0 saturated carbocycles. The maximum absolute atomic E-state index is 12.3. The van der Waals surface area contributed by atoms with Crippen molar-refractivity contribution < 1.29 is 17.9 Å². The molecule has 0 spiro atoms. The van der Waals surface area contributed by atoms with E-state index in [0.29, 0.717) is 12.1 Å². The maximum Gasteiger partial charge on any atom is 0.573 e. The molecule has 0 atom stereocenters. The Labute approximate surface area is 118 Å². The highest BCUT2D eigenvalue weighted by Crippen LogP contribution is 2.26. The Morgan fingerprint density at radius 1 is 1.25 bits per heavy atom. The van der Waals surface area contributed by atoms with Crippen LogP contribution in [-0.4, -0.2) is 11.3 Å². The van der Waals surface area contributed by atoms with Gasteiger partial charge in [0.2, 0.25) is 0 Å². The monoisotopic (exact) mass is 302 g/mol. The molecule has 0 bridgehead atoms. The number of hydrogen-bond acceptors (Lipinski definition) is 4. The summed E-state index contributed by atoms with van der Waals surface area (Å²) >= 11 is 1.51. The van der Waals surface area contributed by atoms with E-state index >= 15 is 0 Å². The lowest BCUT2D eigenvalue weighted by molar-refractivity contribution is -0.274. The molecule has 0 radical (unpaired) electrons. The predicted molar refractivity (Wildman–Crippen MR) is 70.5 cm³/mol. The van der Waals surface area contributed by atoms with Crippen LogP contribution >= 0.6 is 11.3 Å². The van der Waals surface area contributed by atoms with E-state index in [0.717, 1.165) is 10.7 Å². The molecule has 0 unspecified atom stereocenters. The zero-order valence-electron chi connectivity index (χ0n) is 10.7. The summed E-state index contributed by atoms with van der Waals surface area (Å²) in [6.45, 7) is 2.69. The van der Waals surface area contributed by atoms with Gasteiger partial charge in [-0.3, -0.25) is 0 Å². The van der Waals surface area contributed by atoms with Crippen molar-refractivity contribution in [2.75, 3.05) is 0 Å². The first kappa shape index (κ1) is 14.8. The van der Waals surface area contributed by atoms with Crippen molar-refractivity contribution >= 4 is 11.3 Å². The average molecular weight is 302 g/mol. The fraction of sp³-hybridized carbons (Fsp3) is 0.308. The summed E-state index contributed by atoms with van der Waals surface area (Å²) < 4.78 is 40.8. The van der Waals surface area contributed by atoms with Crippen molar-refractivity contribution in [1.82, 2.24) is 10.3 Å². The van der Waals surface area contributed by atoms with E-state index in [4.69, 9.17) is 0 Å². The molecule has 0 aliphatic heterocycles. The number of nitrogens with one attached hydrogen (secondary N) is 1. The fourth-order valence-electron chi connectivity index (χ4n) is 1.66. The van der Waals surface area contributed by atoms with Gasteiger partial charge < -0.3 is 10.1 Å². The van der Waals surface area contributed by atoms with Gasteiger partial charge in [-0.2, -0.15) is 0 Å². The van der Waals surface area contributed by atoms with Crippen molar-refractivity contribution in [3.8, 4) is 5.75 Å². The van der Waals surface area contributed by atoms with Gasteiger partial charge in [-0.15, -0.1) is 24.5 Å². The van der Waals surface area contributed by atoms with E-state index in [-0.39, 0.29) is 12.3 Å². The van der Waals surface area contributed by atoms with Crippen LogP contribution < -0.4 is 10.1 Å². The molecule has 0 fully saturated rings. The Morgan fingerprint density at radius 2 is 2.00 bits per heavy atom. The number of ether oxygens (including phenoxy) is 1. The van der Waals surface area contributed by atoms with Crippen molar-refractivity contribution in [3.63, 3.8) is 0 Å². The molecule has 1 aromatic carbocycles. The third-order valence-electron chi connectivity index (χ3n) is 2.46. The lowest BCUT2D eigenvalue weighted by Crippen LogP contribution is -2.20. The number of hydrogen-bond donors (Lipinski definition) is 1. The van der Waals surface area contributed by atoms with Gasteiger partial charge in [0.15, 0.2) is 0 Å². The van der Waals surface area contributed by atoms with Gasteiger partial charge in [0.1, 0.15) is 10.8 Å². The number of aromatic nitrogens is 1. The van der Waals surface area contributed by atoms with E-state index in [1.165, 1.54) is 23.5 Å². The second-order valence-electron chi connectivity index (χ2n) is 4.14. The van der Waals surface area contributed by atoms with Crippen LogP contribution in [0, 0.1) is 6.92 Å². The van der Waals surface area contributed by atoms with Crippen LogP contribution in [0.4, 0.5) is 13.2 Å². The summed E-state index contributed by atoms with van der Waals surface area (Å²) in [5, 5.41) is 5.89. The minimum atomic E-state index is -4.68. The first-order valence-corrected chi connectivity index (χ1v) is 6.77. The molecular weight excluding hydrogens is 289 g/mol. The van der Waals surface area contributed by atoms with Crippen LogP contribution in [-0.2, 0) is 13.1 Å². The Hall–Kier alpha value is -1.60. The fourth-order valence-corrected chi connectivity index (χ4v) is 2.40. The molecule has 0 aliphatic carbocycles. The highest BCUT2D eigenvalue weighted by Gasteiger charge is 2.31. The number of alkyl halides is 3. The first-order valence-electron chi connectivity index (χ1n) is 5.89. The van der Waals surface area contributed by atoms with E-state index in [1.807, 2.05) is 12.3 Å². The zero-order valence-corrected chi connectivity index (χ0v) is 11.5. The number of rotatable bonds is 5. The molecular formula is C13H13F3N2OS. The van der Waals surface area contributed by atoms with E-state index < -0.39 is 6.36 Å². The number of para-hydroxylation sites is 1. The summed E-state index contributed by atoms with van der Waals surface area (Å²) in [5.74, 6) is -0.178. The lowest BCUT2D eigenvalue weighted by Gasteiger charge is -2.13. The second kappa shape index (κ2) is 6.23. The SMILES string of the molecule is Cc1csc(CNCc2ccccc2OC(F)(F)F)n1. The quantitative estimate of drug-likeness (QED) is 0.915. The number of thiazole rings is 1. The van der Waals surface area contributed by atoms with Crippen molar-refractivity contribution in [1.29, 1.82) is 0 Å². The summed E-state index contributed by atoms with van der Waals surface area (Å²) in [5.41, 5.74) is 1.39. The standard InChI is InChI=1S/C13H13F3N2OS/c1-9-8-20-12(18-9)7-17-6-10-4-2-3-5-11(10)19-13(14,15)16/h2-5,8,17H,6-7H2,1H3. The number of benzene rings is 1. The predicted octanol–water partition coefficient (Wildman–Crippen LogP) is 3.64. The maximum atomic E-state index is 12.3. The Kier molecular flexibility index (Phi) is 4.61. The summed E-state index contributed by atoms with van der Waals surface area (Å²) in [4.78, 5) is 4.27. The highest BCUT2D eigenvalue weighted by atomic mass is 32.1. The van der Waals surface area contributed by atoms with Gasteiger partial charge in [0, 0.05) is 29.7 Å². The largest absolute Gasteiger partial charge is 0.573 e. The topological polar surface area (TPSA) is 34.1 Å². The molecule has 2 rings (SSSR count). The van der Waals surface area contributed by atoms with Gasteiger partial charge in [-0.1, -0.05) is 18.2 Å². The smallest absolute Gasteiger partial charge is 0.405 e. The van der Waals surface area contributed by atoms with E-state index in [2.05, 4.69) is 15.0 Å². The third kappa shape index (κ3) is 4.50. The molecule has 20 heavy (non-hydrogen) atoms. The Morgan fingerprint density at radius 3 is 2.65 bits per heavy atom.